The van der Waals surface area contributed by atoms with Crippen LogP contribution in [0.4, 0.5) is 4.39 Å². The number of hydrogen-bond donors (Lipinski definition) is 2. The van der Waals surface area contributed by atoms with Crippen LogP contribution in [0.15, 0.2) is 24.3 Å². The molecule has 0 saturated carbocycles. The maximum atomic E-state index is 13.2. The number of nitrogens with zero attached hydrogens (tertiary/aromatic N) is 1. The summed E-state index contributed by atoms with van der Waals surface area (Å²) in [6, 6.07) is 7.01. The van der Waals surface area contributed by atoms with Gasteiger partial charge in [0.25, 0.3) is 0 Å². The first kappa shape index (κ1) is 13.7. The molecule has 0 spiro atoms. The molecule has 1 aromatic heterocycles. The van der Waals surface area contributed by atoms with Crippen molar-refractivity contribution in [1.29, 1.82) is 0 Å². The fourth-order valence-corrected chi connectivity index (χ4v) is 2.04. The number of aromatic amines is 1. The number of rotatable bonds is 5. The van der Waals surface area contributed by atoms with Crippen LogP contribution in [0.5, 0.6) is 0 Å². The van der Waals surface area contributed by atoms with E-state index in [1.54, 1.807) is 6.07 Å². The first-order valence-corrected chi connectivity index (χ1v) is 6.61. The SMILES string of the molecule is Cc1[nH]c(CCNC(C)C)nc1-c1cccc(F)c1. The molecule has 0 aliphatic carbocycles. The highest BCUT2D eigenvalue weighted by Crippen LogP contribution is 2.21. The van der Waals surface area contributed by atoms with Crippen molar-refractivity contribution in [2.75, 3.05) is 6.54 Å². The van der Waals surface area contributed by atoms with Crippen LogP contribution in [-0.2, 0) is 6.42 Å². The Kier molecular flexibility index (Phi) is 4.32. The predicted octanol–water partition coefficient (Wildman–Crippen LogP) is 3.06. The summed E-state index contributed by atoms with van der Waals surface area (Å²) in [4.78, 5) is 7.82. The van der Waals surface area contributed by atoms with Crippen molar-refractivity contribution >= 4 is 0 Å². The van der Waals surface area contributed by atoms with E-state index in [1.165, 1.54) is 12.1 Å². The number of nitrogens with one attached hydrogen (secondary N) is 2. The van der Waals surface area contributed by atoms with Gasteiger partial charge in [0, 0.05) is 30.3 Å². The topological polar surface area (TPSA) is 40.7 Å². The number of benzene rings is 1. The summed E-state index contributed by atoms with van der Waals surface area (Å²) >= 11 is 0. The van der Waals surface area contributed by atoms with Gasteiger partial charge in [-0.15, -0.1) is 0 Å². The third-order valence-corrected chi connectivity index (χ3v) is 2.95. The molecule has 0 amide bonds. The first-order valence-electron chi connectivity index (χ1n) is 6.61. The molecule has 2 aromatic rings. The fourth-order valence-electron chi connectivity index (χ4n) is 2.04. The summed E-state index contributed by atoms with van der Waals surface area (Å²) < 4.78 is 13.2. The number of hydrogen-bond acceptors (Lipinski definition) is 2. The maximum Gasteiger partial charge on any atom is 0.123 e. The quantitative estimate of drug-likeness (QED) is 0.868. The standard InChI is InChI=1S/C15H20FN3/c1-10(2)17-8-7-14-18-11(3)15(19-14)12-5-4-6-13(16)9-12/h4-6,9-10,17H,7-8H2,1-3H3,(H,18,19). The largest absolute Gasteiger partial charge is 0.346 e. The molecule has 102 valence electrons. The minimum Gasteiger partial charge on any atom is -0.346 e. The average Bonchev–Trinajstić information content (AvgIpc) is 2.70. The van der Waals surface area contributed by atoms with Crippen LogP contribution in [-0.4, -0.2) is 22.6 Å². The number of H-pyrrole nitrogens is 1. The Morgan fingerprint density at radius 2 is 2.16 bits per heavy atom. The third kappa shape index (κ3) is 3.64. The van der Waals surface area contributed by atoms with Crippen molar-refractivity contribution in [2.24, 2.45) is 0 Å². The molecular weight excluding hydrogens is 241 g/mol. The second-order valence-corrected chi connectivity index (χ2v) is 5.03. The van der Waals surface area contributed by atoms with Crippen LogP contribution >= 0.6 is 0 Å². The molecule has 0 aliphatic heterocycles. The Morgan fingerprint density at radius 3 is 2.84 bits per heavy atom. The monoisotopic (exact) mass is 261 g/mol. The second-order valence-electron chi connectivity index (χ2n) is 5.03. The van der Waals surface area contributed by atoms with Crippen LogP contribution in [0.25, 0.3) is 11.3 Å². The highest BCUT2D eigenvalue weighted by Gasteiger charge is 2.09. The van der Waals surface area contributed by atoms with Gasteiger partial charge in [-0.1, -0.05) is 26.0 Å². The van der Waals surface area contributed by atoms with Crippen molar-refractivity contribution in [3.8, 4) is 11.3 Å². The summed E-state index contributed by atoms with van der Waals surface area (Å²) in [5, 5.41) is 3.35. The lowest BCUT2D eigenvalue weighted by Gasteiger charge is -2.05. The normalized spacial score (nSPS) is 11.2. The fraction of sp³-hybridized carbons (Fsp3) is 0.400. The van der Waals surface area contributed by atoms with Gasteiger partial charge < -0.3 is 10.3 Å². The molecule has 0 bridgehead atoms. The number of imidazole rings is 1. The molecular formula is C15H20FN3. The van der Waals surface area contributed by atoms with Crippen molar-refractivity contribution in [2.45, 2.75) is 33.2 Å². The molecule has 0 fully saturated rings. The van der Waals surface area contributed by atoms with E-state index in [-0.39, 0.29) is 5.82 Å². The zero-order chi connectivity index (χ0) is 13.8. The smallest absolute Gasteiger partial charge is 0.123 e. The van der Waals surface area contributed by atoms with Gasteiger partial charge in [0.2, 0.25) is 0 Å². The lowest BCUT2D eigenvalue weighted by Crippen LogP contribution is -2.25. The first-order chi connectivity index (χ1) is 9.06. The van der Waals surface area contributed by atoms with Crippen molar-refractivity contribution in [3.63, 3.8) is 0 Å². The van der Waals surface area contributed by atoms with E-state index >= 15 is 0 Å². The van der Waals surface area contributed by atoms with Gasteiger partial charge in [-0.2, -0.15) is 0 Å². The Morgan fingerprint density at radius 1 is 1.37 bits per heavy atom. The summed E-state index contributed by atoms with van der Waals surface area (Å²) in [6.07, 6.45) is 0.842. The number of aromatic nitrogens is 2. The zero-order valence-corrected chi connectivity index (χ0v) is 11.6. The van der Waals surface area contributed by atoms with E-state index in [9.17, 15) is 4.39 Å². The van der Waals surface area contributed by atoms with E-state index in [0.29, 0.717) is 6.04 Å². The Bertz CT molecular complexity index is 546. The zero-order valence-electron chi connectivity index (χ0n) is 11.6. The minimum atomic E-state index is -0.233. The third-order valence-electron chi connectivity index (χ3n) is 2.95. The Balaban J connectivity index is 2.12. The highest BCUT2D eigenvalue weighted by molar-refractivity contribution is 5.61. The predicted molar refractivity (Wildman–Crippen MR) is 75.6 cm³/mol. The lowest BCUT2D eigenvalue weighted by atomic mass is 10.1. The molecule has 0 unspecified atom stereocenters. The average molecular weight is 261 g/mol. The van der Waals surface area contributed by atoms with Gasteiger partial charge in [0.05, 0.1) is 5.69 Å². The lowest BCUT2D eigenvalue weighted by molar-refractivity contribution is 0.584. The molecule has 0 atom stereocenters. The number of aryl methyl sites for hydroxylation is 1. The number of halogens is 1. The van der Waals surface area contributed by atoms with Crippen LogP contribution in [0.2, 0.25) is 0 Å². The highest BCUT2D eigenvalue weighted by atomic mass is 19.1. The summed E-state index contributed by atoms with van der Waals surface area (Å²) in [7, 11) is 0. The van der Waals surface area contributed by atoms with Gasteiger partial charge in [-0.25, -0.2) is 9.37 Å². The summed E-state index contributed by atoms with van der Waals surface area (Å²) in [5.74, 6) is 0.702. The molecule has 1 heterocycles. The summed E-state index contributed by atoms with van der Waals surface area (Å²) in [6.45, 7) is 7.08. The van der Waals surface area contributed by atoms with Crippen molar-refractivity contribution in [3.05, 3.63) is 41.6 Å². The van der Waals surface area contributed by atoms with E-state index in [0.717, 1.165) is 35.7 Å². The molecule has 4 heteroatoms. The van der Waals surface area contributed by atoms with E-state index in [4.69, 9.17) is 0 Å². The van der Waals surface area contributed by atoms with Gasteiger partial charge in [0.1, 0.15) is 11.6 Å². The molecule has 0 saturated heterocycles. The molecule has 2 rings (SSSR count). The molecule has 0 aliphatic rings. The molecule has 19 heavy (non-hydrogen) atoms. The maximum absolute atomic E-state index is 13.2. The molecule has 0 radical (unpaired) electrons. The van der Waals surface area contributed by atoms with Gasteiger partial charge in [0.15, 0.2) is 0 Å². The van der Waals surface area contributed by atoms with Crippen molar-refractivity contribution < 1.29 is 4.39 Å². The molecule has 2 N–H and O–H groups in total. The van der Waals surface area contributed by atoms with Crippen LogP contribution < -0.4 is 5.32 Å². The molecule has 3 nitrogen and oxygen atoms in total. The van der Waals surface area contributed by atoms with E-state index < -0.39 is 0 Å². The van der Waals surface area contributed by atoms with Gasteiger partial charge >= 0.3 is 0 Å². The van der Waals surface area contributed by atoms with Crippen LogP contribution in [0.3, 0.4) is 0 Å². The van der Waals surface area contributed by atoms with Crippen molar-refractivity contribution in [1.82, 2.24) is 15.3 Å². The van der Waals surface area contributed by atoms with Crippen LogP contribution in [0, 0.1) is 12.7 Å². The van der Waals surface area contributed by atoms with E-state index in [2.05, 4.69) is 29.1 Å². The van der Waals surface area contributed by atoms with E-state index in [1.807, 2.05) is 13.0 Å². The molecule has 1 aromatic carbocycles. The Labute approximate surface area is 113 Å². The van der Waals surface area contributed by atoms with Gasteiger partial charge in [-0.05, 0) is 19.1 Å². The minimum absolute atomic E-state index is 0.233. The van der Waals surface area contributed by atoms with Crippen LogP contribution in [0.1, 0.15) is 25.4 Å². The van der Waals surface area contributed by atoms with Gasteiger partial charge in [-0.3, -0.25) is 0 Å². The Hall–Kier alpha value is -1.68. The summed E-state index contributed by atoms with van der Waals surface area (Å²) in [5.41, 5.74) is 2.63. The second kappa shape index (κ2) is 5.97.